The van der Waals surface area contributed by atoms with Crippen LogP contribution in [-0.4, -0.2) is 35.0 Å². The maximum atomic E-state index is 12.3. The number of carboxylic acids is 1. The number of aliphatic carboxylic acids is 1. The number of carbonyl (C=O) groups excluding carboxylic acids is 1. The van der Waals surface area contributed by atoms with Gasteiger partial charge >= 0.3 is 5.97 Å². The first kappa shape index (κ1) is 13.1. The second-order valence-electron chi connectivity index (χ2n) is 5.39. The highest BCUT2D eigenvalue weighted by Gasteiger charge is 2.59. The van der Waals surface area contributed by atoms with E-state index in [0.717, 1.165) is 28.6 Å². The number of hydrogen-bond acceptors (Lipinski definition) is 3. The van der Waals surface area contributed by atoms with E-state index >= 15 is 0 Å². The van der Waals surface area contributed by atoms with Crippen molar-refractivity contribution < 1.29 is 14.7 Å². The van der Waals surface area contributed by atoms with Gasteiger partial charge in [-0.3, -0.25) is 9.59 Å². The molecule has 1 aromatic heterocycles. The Kier molecular flexibility index (Phi) is 3.17. The predicted molar refractivity (Wildman–Crippen MR) is 75.3 cm³/mol. The molecule has 0 radical (unpaired) electrons. The van der Waals surface area contributed by atoms with Crippen LogP contribution in [0.1, 0.15) is 29.6 Å². The molecule has 6 heteroatoms. The smallest absolute Gasteiger partial charge is 0.307 e. The van der Waals surface area contributed by atoms with Crippen molar-refractivity contribution in [3.8, 4) is 0 Å². The molecule has 2 heterocycles. The van der Waals surface area contributed by atoms with E-state index in [9.17, 15) is 9.59 Å². The van der Waals surface area contributed by atoms with Crippen LogP contribution in [-0.2, 0) is 4.79 Å². The molecule has 2 fully saturated rings. The van der Waals surface area contributed by atoms with E-state index in [0.29, 0.717) is 13.1 Å². The average Bonchev–Trinajstić information content (AvgIpc) is 2.91. The van der Waals surface area contributed by atoms with Crippen LogP contribution in [0.2, 0.25) is 0 Å². The normalized spacial score (nSPS) is 24.5. The molecule has 1 aliphatic heterocycles. The number of hydrogen-bond donors (Lipinski definition) is 1. The van der Waals surface area contributed by atoms with E-state index in [1.807, 2.05) is 16.3 Å². The quantitative estimate of drug-likeness (QED) is 0.898. The van der Waals surface area contributed by atoms with Gasteiger partial charge in [0.15, 0.2) is 0 Å². The number of halogens is 1. The Morgan fingerprint density at radius 1 is 1.42 bits per heavy atom. The third-order valence-electron chi connectivity index (χ3n) is 4.35. The van der Waals surface area contributed by atoms with Gasteiger partial charge in [0, 0.05) is 18.5 Å². The molecule has 1 aliphatic carbocycles. The first-order chi connectivity index (χ1) is 9.02. The van der Waals surface area contributed by atoms with E-state index in [4.69, 9.17) is 5.11 Å². The number of likely N-dealkylation sites (tertiary alicyclic amines) is 1. The highest BCUT2D eigenvalue weighted by atomic mass is 79.9. The maximum Gasteiger partial charge on any atom is 0.307 e. The third-order valence-corrected chi connectivity index (χ3v) is 5.85. The van der Waals surface area contributed by atoms with Gasteiger partial charge in [0.25, 0.3) is 5.91 Å². The minimum Gasteiger partial charge on any atom is -0.481 e. The first-order valence-electron chi connectivity index (χ1n) is 6.28. The van der Waals surface area contributed by atoms with Crippen LogP contribution in [0.25, 0.3) is 0 Å². The Balaban J connectivity index is 1.62. The van der Waals surface area contributed by atoms with Gasteiger partial charge in [0.1, 0.15) is 0 Å². The first-order valence-corrected chi connectivity index (χ1v) is 7.95. The SMILES string of the molecule is O=C(O)C1CC12CCN(C(=O)c1csc(Br)c1)CC2. The summed E-state index contributed by atoms with van der Waals surface area (Å²) in [5.41, 5.74) is 0.705. The minimum absolute atomic E-state index is 0.0160. The lowest BCUT2D eigenvalue weighted by Crippen LogP contribution is -2.39. The zero-order chi connectivity index (χ0) is 13.6. The highest BCUT2D eigenvalue weighted by molar-refractivity contribution is 9.11. The van der Waals surface area contributed by atoms with Crippen molar-refractivity contribution in [1.29, 1.82) is 0 Å². The van der Waals surface area contributed by atoms with Crippen molar-refractivity contribution in [3.05, 3.63) is 20.8 Å². The van der Waals surface area contributed by atoms with Crippen LogP contribution >= 0.6 is 27.3 Å². The third kappa shape index (κ3) is 2.31. The van der Waals surface area contributed by atoms with Crippen LogP contribution in [0.15, 0.2) is 15.2 Å². The predicted octanol–water partition coefficient (Wildman–Crippen LogP) is 2.84. The number of amides is 1. The van der Waals surface area contributed by atoms with Crippen LogP contribution in [0.3, 0.4) is 0 Å². The molecule has 1 N–H and O–H groups in total. The van der Waals surface area contributed by atoms with Crippen LogP contribution < -0.4 is 0 Å². The van der Waals surface area contributed by atoms with E-state index in [-0.39, 0.29) is 17.2 Å². The van der Waals surface area contributed by atoms with E-state index in [1.165, 1.54) is 11.3 Å². The van der Waals surface area contributed by atoms with Gasteiger partial charge in [-0.25, -0.2) is 0 Å². The second kappa shape index (κ2) is 4.59. The van der Waals surface area contributed by atoms with Crippen molar-refractivity contribution >= 4 is 39.1 Å². The van der Waals surface area contributed by atoms with E-state index < -0.39 is 5.97 Å². The number of piperidine rings is 1. The van der Waals surface area contributed by atoms with Crippen LogP contribution in [0.5, 0.6) is 0 Å². The summed E-state index contributed by atoms with van der Waals surface area (Å²) < 4.78 is 0.956. The monoisotopic (exact) mass is 343 g/mol. The summed E-state index contributed by atoms with van der Waals surface area (Å²) in [5, 5.41) is 10.9. The van der Waals surface area contributed by atoms with E-state index in [2.05, 4.69) is 15.9 Å². The molecule has 2 aliphatic rings. The van der Waals surface area contributed by atoms with E-state index in [1.54, 1.807) is 0 Å². The highest BCUT2D eigenvalue weighted by Crippen LogP contribution is 2.59. The molecule has 1 aromatic rings. The minimum atomic E-state index is -0.679. The maximum absolute atomic E-state index is 12.3. The standard InChI is InChI=1S/C13H14BrNO3S/c14-10-5-8(7-19-10)11(16)15-3-1-13(2-4-15)6-9(13)12(17)18/h5,7,9H,1-4,6H2,(H,17,18). The Bertz CT molecular complexity index is 534. The van der Waals surface area contributed by atoms with Crippen molar-refractivity contribution in [1.82, 2.24) is 4.90 Å². The van der Waals surface area contributed by atoms with Gasteiger partial charge in [-0.1, -0.05) is 0 Å². The average molecular weight is 344 g/mol. The zero-order valence-corrected chi connectivity index (χ0v) is 12.7. The van der Waals surface area contributed by atoms with Gasteiger partial charge in [0.2, 0.25) is 0 Å². The fourth-order valence-corrected chi connectivity index (χ4v) is 4.14. The molecular formula is C13H14BrNO3S. The lowest BCUT2D eigenvalue weighted by molar-refractivity contribution is -0.139. The van der Waals surface area contributed by atoms with Gasteiger partial charge < -0.3 is 10.0 Å². The summed E-state index contributed by atoms with van der Waals surface area (Å²) in [7, 11) is 0. The summed E-state index contributed by atoms with van der Waals surface area (Å²) in [4.78, 5) is 25.1. The molecule has 1 saturated carbocycles. The number of nitrogens with zero attached hydrogens (tertiary/aromatic N) is 1. The van der Waals surface area contributed by atoms with Crippen molar-refractivity contribution in [3.63, 3.8) is 0 Å². The summed E-state index contributed by atoms with van der Waals surface area (Å²) >= 11 is 4.86. The fourth-order valence-electron chi connectivity index (χ4n) is 3.01. The fraction of sp³-hybridized carbons (Fsp3) is 0.538. The number of carbonyl (C=O) groups is 2. The Morgan fingerprint density at radius 2 is 2.11 bits per heavy atom. The molecule has 1 atom stereocenters. The molecule has 19 heavy (non-hydrogen) atoms. The van der Waals surface area contributed by atoms with Gasteiger partial charge in [-0.05, 0) is 46.7 Å². The second-order valence-corrected chi connectivity index (χ2v) is 7.68. The summed E-state index contributed by atoms with van der Waals surface area (Å²) in [5.74, 6) is -0.800. The molecule has 1 spiro atoms. The lowest BCUT2D eigenvalue weighted by atomic mass is 9.90. The molecule has 102 valence electrons. The summed E-state index contributed by atoms with van der Waals surface area (Å²) in [6, 6.07) is 1.84. The number of carboxylic acid groups (broad SMARTS) is 1. The Morgan fingerprint density at radius 3 is 2.58 bits per heavy atom. The molecule has 4 nitrogen and oxygen atoms in total. The van der Waals surface area contributed by atoms with Gasteiger partial charge in [-0.15, -0.1) is 11.3 Å². The summed E-state index contributed by atoms with van der Waals surface area (Å²) in [6.45, 7) is 1.35. The molecular weight excluding hydrogens is 330 g/mol. The number of thiophene rings is 1. The summed E-state index contributed by atoms with van der Waals surface area (Å²) in [6.07, 6.45) is 2.43. The molecule has 1 unspecified atom stereocenters. The Hall–Kier alpha value is -0.880. The number of rotatable bonds is 2. The van der Waals surface area contributed by atoms with Crippen molar-refractivity contribution in [2.75, 3.05) is 13.1 Å². The lowest BCUT2D eigenvalue weighted by Gasteiger charge is -2.32. The molecule has 0 aromatic carbocycles. The molecule has 1 saturated heterocycles. The van der Waals surface area contributed by atoms with Crippen LogP contribution in [0.4, 0.5) is 0 Å². The van der Waals surface area contributed by atoms with Crippen molar-refractivity contribution in [2.45, 2.75) is 19.3 Å². The molecule has 3 rings (SSSR count). The largest absolute Gasteiger partial charge is 0.481 e. The molecule has 0 bridgehead atoms. The van der Waals surface area contributed by atoms with Crippen LogP contribution in [0, 0.1) is 11.3 Å². The van der Waals surface area contributed by atoms with Crippen molar-refractivity contribution in [2.24, 2.45) is 11.3 Å². The Labute approximate surface area is 123 Å². The topological polar surface area (TPSA) is 57.6 Å². The van der Waals surface area contributed by atoms with Gasteiger partial charge in [-0.2, -0.15) is 0 Å². The van der Waals surface area contributed by atoms with Gasteiger partial charge in [0.05, 0.1) is 15.3 Å². The zero-order valence-electron chi connectivity index (χ0n) is 10.3. The molecule has 1 amide bonds.